The molecule has 0 amide bonds. The molecule has 3 rings (SSSR count). The molecule has 0 saturated carbocycles. The number of nitrogens with zero attached hydrogens (tertiary/aromatic N) is 3. The van der Waals surface area contributed by atoms with Gasteiger partial charge in [-0.15, -0.1) is 0 Å². The molecule has 0 fully saturated rings. The number of pyridine rings is 1. The second-order valence-corrected chi connectivity index (χ2v) is 5.20. The summed E-state index contributed by atoms with van der Waals surface area (Å²) in [5.41, 5.74) is -0.120. The summed E-state index contributed by atoms with van der Waals surface area (Å²) in [6.07, 6.45) is 4.52. The highest BCUT2D eigenvalue weighted by molar-refractivity contribution is 5.87. The molecule has 2 heterocycles. The molecule has 22 heavy (non-hydrogen) atoms. The third-order valence-corrected chi connectivity index (χ3v) is 3.68. The third-order valence-electron chi connectivity index (χ3n) is 3.68. The lowest BCUT2D eigenvalue weighted by atomic mass is 9.91. The predicted molar refractivity (Wildman–Crippen MR) is 80.5 cm³/mol. The largest absolute Gasteiger partial charge is 0.312 e. The van der Waals surface area contributed by atoms with Crippen LogP contribution in [0.25, 0.3) is 0 Å². The first-order valence-electron chi connectivity index (χ1n) is 6.71. The first-order chi connectivity index (χ1) is 10.5. The van der Waals surface area contributed by atoms with Gasteiger partial charge in [0.25, 0.3) is 5.56 Å². The van der Waals surface area contributed by atoms with E-state index in [2.05, 4.69) is 9.98 Å². The standard InChI is InChI=1S/C16H13F2N3O/c1-11-3-2-6-21(15(11)22)9-16(8-19-10-20-16)12-4-5-13(17)14(18)7-12/h2-8,10H,9H2,1H3. The molecule has 1 atom stereocenters. The van der Waals surface area contributed by atoms with Crippen LogP contribution in [0.1, 0.15) is 11.1 Å². The van der Waals surface area contributed by atoms with Gasteiger partial charge in [-0.2, -0.15) is 0 Å². The van der Waals surface area contributed by atoms with E-state index in [0.717, 1.165) is 12.1 Å². The number of benzene rings is 1. The van der Waals surface area contributed by atoms with Gasteiger partial charge >= 0.3 is 0 Å². The van der Waals surface area contributed by atoms with E-state index in [1.807, 2.05) is 0 Å². The fraction of sp³-hybridized carbons (Fsp3) is 0.188. The first-order valence-corrected chi connectivity index (χ1v) is 6.71. The molecule has 1 aromatic heterocycles. The molecule has 1 aliphatic heterocycles. The normalized spacial score (nSPS) is 19.8. The first kappa shape index (κ1) is 14.3. The maximum absolute atomic E-state index is 13.5. The quantitative estimate of drug-likeness (QED) is 0.859. The van der Waals surface area contributed by atoms with Gasteiger partial charge in [0.1, 0.15) is 11.9 Å². The number of hydrogen-bond acceptors (Lipinski definition) is 3. The van der Waals surface area contributed by atoms with Crippen molar-refractivity contribution in [3.8, 4) is 0 Å². The molecule has 1 unspecified atom stereocenters. The van der Waals surface area contributed by atoms with Gasteiger partial charge in [0, 0.05) is 18.0 Å². The van der Waals surface area contributed by atoms with Crippen LogP contribution in [0.5, 0.6) is 0 Å². The van der Waals surface area contributed by atoms with Crippen LogP contribution in [0.3, 0.4) is 0 Å². The minimum Gasteiger partial charge on any atom is -0.312 e. The lowest BCUT2D eigenvalue weighted by molar-refractivity contribution is 0.479. The number of rotatable bonds is 3. The zero-order chi connectivity index (χ0) is 15.7. The highest BCUT2D eigenvalue weighted by Crippen LogP contribution is 2.29. The van der Waals surface area contributed by atoms with Crippen molar-refractivity contribution >= 4 is 12.6 Å². The highest BCUT2D eigenvalue weighted by Gasteiger charge is 2.33. The van der Waals surface area contributed by atoms with E-state index >= 15 is 0 Å². The number of hydrogen-bond donors (Lipinski definition) is 0. The van der Waals surface area contributed by atoms with Gasteiger partial charge in [0.2, 0.25) is 0 Å². The Kier molecular flexibility index (Phi) is 3.44. The van der Waals surface area contributed by atoms with Crippen LogP contribution < -0.4 is 5.56 Å². The van der Waals surface area contributed by atoms with Crippen LogP contribution in [0.15, 0.2) is 51.3 Å². The minimum absolute atomic E-state index is 0.153. The molecule has 0 aliphatic carbocycles. The summed E-state index contributed by atoms with van der Waals surface area (Å²) in [5, 5.41) is 0. The number of aliphatic imine (C=N–C) groups is 2. The van der Waals surface area contributed by atoms with Gasteiger partial charge in [-0.1, -0.05) is 12.1 Å². The van der Waals surface area contributed by atoms with Gasteiger partial charge in [-0.3, -0.25) is 9.79 Å². The van der Waals surface area contributed by atoms with Crippen molar-refractivity contribution in [3.63, 3.8) is 0 Å². The van der Waals surface area contributed by atoms with Crippen molar-refractivity contribution in [2.24, 2.45) is 9.98 Å². The summed E-state index contributed by atoms with van der Waals surface area (Å²) in [6, 6.07) is 7.06. The second-order valence-electron chi connectivity index (χ2n) is 5.20. The third kappa shape index (κ3) is 2.36. The van der Waals surface area contributed by atoms with Gasteiger partial charge < -0.3 is 4.57 Å². The van der Waals surface area contributed by atoms with Crippen molar-refractivity contribution in [1.82, 2.24) is 4.57 Å². The van der Waals surface area contributed by atoms with E-state index < -0.39 is 17.2 Å². The molecule has 2 aromatic rings. The SMILES string of the molecule is Cc1cccn(CC2(c3ccc(F)c(F)c3)C=NC=N2)c1=O. The molecule has 0 spiro atoms. The average Bonchev–Trinajstić information content (AvgIpc) is 2.96. The van der Waals surface area contributed by atoms with E-state index in [4.69, 9.17) is 0 Å². The molecular weight excluding hydrogens is 288 g/mol. The number of halogens is 2. The number of aromatic nitrogens is 1. The minimum atomic E-state index is -1.01. The summed E-state index contributed by atoms with van der Waals surface area (Å²) >= 11 is 0. The van der Waals surface area contributed by atoms with E-state index in [-0.39, 0.29) is 12.1 Å². The molecule has 6 heteroatoms. The molecule has 1 aromatic carbocycles. The Labute approximate surface area is 125 Å². The maximum Gasteiger partial charge on any atom is 0.253 e. The van der Waals surface area contributed by atoms with Gasteiger partial charge in [-0.05, 0) is 30.7 Å². The summed E-state index contributed by atoms with van der Waals surface area (Å²) in [7, 11) is 0. The fourth-order valence-corrected chi connectivity index (χ4v) is 2.45. The Balaban J connectivity index is 2.08. The van der Waals surface area contributed by atoms with Crippen molar-refractivity contribution in [2.45, 2.75) is 19.0 Å². The Bertz CT molecular complexity index is 828. The van der Waals surface area contributed by atoms with Crippen molar-refractivity contribution < 1.29 is 8.78 Å². The molecule has 0 bridgehead atoms. The number of aryl methyl sites for hydroxylation is 1. The van der Waals surface area contributed by atoms with Crippen LogP contribution in [0.4, 0.5) is 8.78 Å². The van der Waals surface area contributed by atoms with Gasteiger partial charge in [0.05, 0.1) is 6.54 Å². The second kappa shape index (κ2) is 5.29. The summed E-state index contributed by atoms with van der Waals surface area (Å²) < 4.78 is 28.2. The van der Waals surface area contributed by atoms with E-state index in [9.17, 15) is 13.6 Å². The Morgan fingerprint density at radius 2 is 2.05 bits per heavy atom. The Morgan fingerprint density at radius 1 is 1.23 bits per heavy atom. The summed E-state index contributed by atoms with van der Waals surface area (Å²) in [4.78, 5) is 20.4. The van der Waals surface area contributed by atoms with Crippen LogP contribution in [0.2, 0.25) is 0 Å². The fourth-order valence-electron chi connectivity index (χ4n) is 2.45. The van der Waals surface area contributed by atoms with Crippen molar-refractivity contribution in [1.29, 1.82) is 0 Å². The lowest BCUT2D eigenvalue weighted by Gasteiger charge is -2.24. The van der Waals surface area contributed by atoms with Crippen LogP contribution >= 0.6 is 0 Å². The molecule has 1 aliphatic rings. The van der Waals surface area contributed by atoms with Crippen LogP contribution in [0, 0.1) is 18.6 Å². The van der Waals surface area contributed by atoms with Gasteiger partial charge in [0.15, 0.2) is 11.6 Å². The molecule has 0 radical (unpaired) electrons. The average molecular weight is 301 g/mol. The van der Waals surface area contributed by atoms with Crippen molar-refractivity contribution in [2.75, 3.05) is 0 Å². The molecule has 0 saturated heterocycles. The zero-order valence-electron chi connectivity index (χ0n) is 11.8. The molecule has 0 N–H and O–H groups in total. The van der Waals surface area contributed by atoms with E-state index in [1.165, 1.54) is 23.2 Å². The Morgan fingerprint density at radius 3 is 2.73 bits per heavy atom. The predicted octanol–water partition coefficient (Wildman–Crippen LogP) is 2.44. The summed E-state index contributed by atoms with van der Waals surface area (Å²) in [5.74, 6) is -1.88. The lowest BCUT2D eigenvalue weighted by Crippen LogP contribution is -2.35. The van der Waals surface area contributed by atoms with E-state index in [0.29, 0.717) is 11.1 Å². The molecule has 4 nitrogen and oxygen atoms in total. The molecular formula is C16H13F2N3O. The smallest absolute Gasteiger partial charge is 0.253 e. The van der Waals surface area contributed by atoms with Crippen molar-refractivity contribution in [3.05, 3.63) is 69.6 Å². The maximum atomic E-state index is 13.5. The highest BCUT2D eigenvalue weighted by atomic mass is 19.2. The topological polar surface area (TPSA) is 46.7 Å². The summed E-state index contributed by atoms with van der Waals surface area (Å²) in [6.45, 7) is 1.88. The van der Waals surface area contributed by atoms with Crippen LogP contribution in [-0.4, -0.2) is 17.1 Å². The van der Waals surface area contributed by atoms with E-state index in [1.54, 1.807) is 25.3 Å². The van der Waals surface area contributed by atoms with Crippen LogP contribution in [-0.2, 0) is 12.1 Å². The zero-order valence-corrected chi connectivity index (χ0v) is 11.8. The Hall–Kier alpha value is -2.63. The molecule has 112 valence electrons. The van der Waals surface area contributed by atoms with Gasteiger partial charge in [-0.25, -0.2) is 13.8 Å². The monoisotopic (exact) mass is 301 g/mol.